The van der Waals surface area contributed by atoms with Crippen molar-refractivity contribution in [3.63, 3.8) is 0 Å². The second-order valence-corrected chi connectivity index (χ2v) is 9.49. The lowest BCUT2D eigenvalue weighted by atomic mass is 9.87. The first-order valence-electron chi connectivity index (χ1n) is 9.10. The van der Waals surface area contributed by atoms with Gasteiger partial charge in [-0.25, -0.2) is 13.1 Å². The Hall–Kier alpha value is -2.38. The Labute approximate surface area is 176 Å². The van der Waals surface area contributed by atoms with Gasteiger partial charge in [0.05, 0.1) is 4.90 Å². The molecule has 0 spiro atoms. The van der Waals surface area contributed by atoms with Gasteiger partial charge in [0.15, 0.2) is 0 Å². The highest BCUT2D eigenvalue weighted by molar-refractivity contribution is 7.90. The molecule has 6 nitrogen and oxygen atoms in total. The number of halogens is 1. The summed E-state index contributed by atoms with van der Waals surface area (Å²) in [6.45, 7) is 7.91. The van der Waals surface area contributed by atoms with Crippen LogP contribution in [-0.4, -0.2) is 25.8 Å². The average molecular weight is 437 g/mol. The van der Waals surface area contributed by atoms with Gasteiger partial charge in [-0.3, -0.25) is 9.59 Å². The number of sulfonamides is 1. The quantitative estimate of drug-likeness (QED) is 0.722. The van der Waals surface area contributed by atoms with E-state index in [1.807, 2.05) is 0 Å². The van der Waals surface area contributed by atoms with Crippen LogP contribution < -0.4 is 10.0 Å². The molecule has 1 atom stereocenters. The van der Waals surface area contributed by atoms with E-state index in [2.05, 4.69) is 10.0 Å². The molecule has 2 rings (SSSR count). The Kier molecular flexibility index (Phi) is 6.75. The monoisotopic (exact) mass is 436 g/mol. The van der Waals surface area contributed by atoms with Crippen LogP contribution in [0.25, 0.3) is 11.1 Å². The Morgan fingerprint density at radius 3 is 2.17 bits per heavy atom. The van der Waals surface area contributed by atoms with E-state index in [9.17, 15) is 18.0 Å². The number of rotatable bonds is 6. The molecule has 8 heteroatoms. The predicted octanol–water partition coefficient (Wildman–Crippen LogP) is 3.67. The second kappa shape index (κ2) is 8.55. The highest BCUT2D eigenvalue weighted by Crippen LogP contribution is 2.31. The molecule has 2 N–H and O–H groups in total. The maximum absolute atomic E-state index is 13.2. The number of nitrogens with one attached hydrogen (secondary N) is 2. The van der Waals surface area contributed by atoms with E-state index >= 15 is 0 Å². The zero-order valence-electron chi connectivity index (χ0n) is 17.0. The molecule has 0 aliphatic heterocycles. The third kappa shape index (κ3) is 4.97. The van der Waals surface area contributed by atoms with Crippen molar-refractivity contribution in [2.24, 2.45) is 5.92 Å². The molecule has 0 aliphatic rings. The van der Waals surface area contributed by atoms with Gasteiger partial charge in [0.2, 0.25) is 5.91 Å². The summed E-state index contributed by atoms with van der Waals surface area (Å²) in [4.78, 5) is 24.5. The summed E-state index contributed by atoms with van der Waals surface area (Å²) in [6, 6.07) is 11.8. The third-order valence-corrected chi connectivity index (χ3v) is 6.71. The highest BCUT2D eigenvalue weighted by Gasteiger charge is 2.40. The summed E-state index contributed by atoms with van der Waals surface area (Å²) in [7, 11) is -4.22. The van der Waals surface area contributed by atoms with Crippen molar-refractivity contribution < 1.29 is 18.0 Å². The first-order valence-corrected chi connectivity index (χ1v) is 11.0. The number of hydrogen-bond acceptors (Lipinski definition) is 4. The fourth-order valence-corrected chi connectivity index (χ4v) is 4.63. The van der Waals surface area contributed by atoms with Crippen LogP contribution in [0.1, 0.15) is 33.3 Å². The zero-order valence-corrected chi connectivity index (χ0v) is 18.6. The van der Waals surface area contributed by atoms with E-state index in [1.165, 1.54) is 13.8 Å². The van der Waals surface area contributed by atoms with E-state index in [-0.39, 0.29) is 10.8 Å². The summed E-state index contributed by atoms with van der Waals surface area (Å²) >= 11 is 5.94. The first-order chi connectivity index (χ1) is 13.4. The molecule has 0 saturated carbocycles. The van der Waals surface area contributed by atoms with Crippen LogP contribution in [0.4, 0.5) is 0 Å². The lowest BCUT2D eigenvalue weighted by Gasteiger charge is -2.32. The zero-order chi connectivity index (χ0) is 22.0. The molecule has 0 aromatic heterocycles. The van der Waals surface area contributed by atoms with E-state index in [0.29, 0.717) is 21.7 Å². The standard InChI is InChI=1S/C21H25ClN2O4S/c1-13(2)21(5,23-15(4)25)20(26)24-29(27,28)19-14(3)7-6-8-18(19)16-9-11-17(22)12-10-16/h6-13H,1-5H3,(H,23,25)(H,24,26). The maximum atomic E-state index is 13.2. The van der Waals surface area contributed by atoms with Crippen molar-refractivity contribution in [3.05, 3.63) is 53.1 Å². The molecule has 0 bridgehead atoms. The lowest BCUT2D eigenvalue weighted by Crippen LogP contribution is -2.60. The van der Waals surface area contributed by atoms with E-state index in [4.69, 9.17) is 11.6 Å². The molecule has 0 heterocycles. The van der Waals surface area contributed by atoms with Crippen LogP contribution in [0.15, 0.2) is 47.4 Å². The second-order valence-electron chi connectivity index (χ2n) is 7.43. The molecule has 0 radical (unpaired) electrons. The van der Waals surface area contributed by atoms with Crippen LogP contribution in [0, 0.1) is 12.8 Å². The molecule has 0 saturated heterocycles. The predicted molar refractivity (Wildman–Crippen MR) is 114 cm³/mol. The summed E-state index contributed by atoms with van der Waals surface area (Å²) in [5.74, 6) is -1.56. The van der Waals surface area contributed by atoms with Crippen molar-refractivity contribution in [3.8, 4) is 11.1 Å². The van der Waals surface area contributed by atoms with E-state index in [0.717, 1.165) is 0 Å². The summed E-state index contributed by atoms with van der Waals surface area (Å²) in [6.07, 6.45) is 0. The van der Waals surface area contributed by atoms with Gasteiger partial charge >= 0.3 is 0 Å². The maximum Gasteiger partial charge on any atom is 0.264 e. The molecule has 1 unspecified atom stereocenters. The Morgan fingerprint density at radius 2 is 1.66 bits per heavy atom. The molecular formula is C21H25ClN2O4S. The minimum absolute atomic E-state index is 0.00426. The van der Waals surface area contributed by atoms with Crippen LogP contribution >= 0.6 is 11.6 Å². The molecule has 29 heavy (non-hydrogen) atoms. The highest BCUT2D eigenvalue weighted by atomic mass is 35.5. The SMILES string of the molecule is CC(=O)NC(C)(C(=O)NS(=O)(=O)c1c(C)cccc1-c1ccc(Cl)cc1)C(C)C. The van der Waals surface area contributed by atoms with Crippen molar-refractivity contribution in [1.29, 1.82) is 0 Å². The van der Waals surface area contributed by atoms with Gasteiger partial charge in [-0.2, -0.15) is 0 Å². The Morgan fingerprint density at radius 1 is 1.07 bits per heavy atom. The minimum Gasteiger partial charge on any atom is -0.342 e. The summed E-state index contributed by atoms with van der Waals surface area (Å²) in [5, 5.41) is 3.10. The number of amides is 2. The van der Waals surface area contributed by atoms with Crippen LogP contribution in [0.3, 0.4) is 0 Å². The van der Waals surface area contributed by atoms with Gasteiger partial charge in [0.25, 0.3) is 15.9 Å². The van der Waals surface area contributed by atoms with Crippen LogP contribution in [0.2, 0.25) is 5.02 Å². The van der Waals surface area contributed by atoms with Crippen molar-refractivity contribution in [2.45, 2.75) is 45.1 Å². The van der Waals surface area contributed by atoms with Gasteiger partial charge in [0, 0.05) is 17.5 Å². The fraction of sp³-hybridized carbons (Fsp3) is 0.333. The molecule has 2 aromatic carbocycles. The van der Waals surface area contributed by atoms with Crippen LogP contribution in [0.5, 0.6) is 0 Å². The van der Waals surface area contributed by atoms with Gasteiger partial charge in [0.1, 0.15) is 5.54 Å². The lowest BCUT2D eigenvalue weighted by molar-refractivity contribution is -0.132. The first kappa shape index (κ1) is 22.9. The van der Waals surface area contributed by atoms with Crippen molar-refractivity contribution in [1.82, 2.24) is 10.0 Å². The minimum atomic E-state index is -4.22. The smallest absolute Gasteiger partial charge is 0.264 e. The molecule has 2 amide bonds. The third-order valence-electron chi connectivity index (χ3n) is 4.93. The number of hydrogen-bond donors (Lipinski definition) is 2. The topological polar surface area (TPSA) is 92.3 Å². The Bertz CT molecular complexity index is 1030. The molecular weight excluding hydrogens is 412 g/mol. The van der Waals surface area contributed by atoms with Gasteiger partial charge < -0.3 is 5.32 Å². The van der Waals surface area contributed by atoms with Crippen LogP contribution in [-0.2, 0) is 19.6 Å². The summed E-state index contributed by atoms with van der Waals surface area (Å²) in [5.41, 5.74) is 0.206. The fourth-order valence-electron chi connectivity index (χ4n) is 2.97. The number of carbonyl (C=O) groups is 2. The number of carbonyl (C=O) groups excluding carboxylic acids is 2. The van der Waals surface area contributed by atoms with Crippen molar-refractivity contribution >= 4 is 33.4 Å². The van der Waals surface area contributed by atoms with Gasteiger partial charge in [-0.1, -0.05) is 55.8 Å². The Balaban J connectivity index is 2.52. The largest absolute Gasteiger partial charge is 0.342 e. The van der Waals surface area contributed by atoms with E-state index in [1.54, 1.807) is 63.2 Å². The summed E-state index contributed by atoms with van der Waals surface area (Å²) < 4.78 is 28.6. The molecule has 0 aliphatic carbocycles. The van der Waals surface area contributed by atoms with Crippen molar-refractivity contribution in [2.75, 3.05) is 0 Å². The normalized spacial score (nSPS) is 13.6. The van der Waals surface area contributed by atoms with E-state index < -0.39 is 27.4 Å². The van der Waals surface area contributed by atoms with Gasteiger partial charge in [-0.05, 0) is 43.0 Å². The molecule has 2 aromatic rings. The number of benzene rings is 2. The molecule has 0 fully saturated rings. The van der Waals surface area contributed by atoms with Gasteiger partial charge in [-0.15, -0.1) is 0 Å². The molecule has 156 valence electrons. The number of aryl methyl sites for hydroxylation is 1. The average Bonchev–Trinajstić information content (AvgIpc) is 2.60.